The summed E-state index contributed by atoms with van der Waals surface area (Å²) in [5, 5.41) is 0. The van der Waals surface area contributed by atoms with Crippen LogP contribution in [0.3, 0.4) is 0 Å². The third-order valence-corrected chi connectivity index (χ3v) is 4.86. The Morgan fingerprint density at radius 1 is 1.04 bits per heavy atom. The minimum Gasteiger partial charge on any atom is -0.382 e. The molecule has 1 aliphatic carbocycles. The fraction of sp³-hybridized carbons (Fsp3) is 1.00. The highest BCUT2D eigenvalue weighted by atomic mass is 16.5. The zero-order chi connectivity index (χ0) is 17.7. The molecule has 1 saturated carbocycles. The quantitative estimate of drug-likeness (QED) is 0.572. The summed E-state index contributed by atoms with van der Waals surface area (Å²) in [5.41, 5.74) is 0.225. The first-order valence-corrected chi connectivity index (χ1v) is 9.25. The van der Waals surface area contributed by atoms with E-state index in [0.29, 0.717) is 24.7 Å². The summed E-state index contributed by atoms with van der Waals surface area (Å²) < 4.78 is 17.4. The minimum absolute atomic E-state index is 0.0504. The predicted molar refractivity (Wildman–Crippen MR) is 96.9 cm³/mol. The van der Waals surface area contributed by atoms with Crippen molar-refractivity contribution in [1.29, 1.82) is 0 Å². The van der Waals surface area contributed by atoms with Crippen molar-refractivity contribution in [3.05, 3.63) is 0 Å². The molecule has 0 heterocycles. The second-order valence-electron chi connectivity index (χ2n) is 9.51. The second-order valence-corrected chi connectivity index (χ2v) is 9.51. The van der Waals surface area contributed by atoms with Gasteiger partial charge >= 0.3 is 0 Å². The maximum Gasteiger partial charge on any atom is 0.0707 e. The average molecular weight is 329 g/mol. The van der Waals surface area contributed by atoms with Crippen LogP contribution < -0.4 is 0 Å². The summed E-state index contributed by atoms with van der Waals surface area (Å²) in [5.74, 6) is 0.735. The van der Waals surface area contributed by atoms with Crippen LogP contribution in [-0.4, -0.2) is 37.6 Å². The van der Waals surface area contributed by atoms with Crippen LogP contribution in [0.2, 0.25) is 0 Å². The SMILES string of the molecule is COCCOC(C)(C)CCC1(C)CC(C)CC(OC(C)(C)C)C1. The van der Waals surface area contributed by atoms with Gasteiger partial charge in [0.15, 0.2) is 0 Å². The van der Waals surface area contributed by atoms with Gasteiger partial charge in [-0.2, -0.15) is 0 Å². The van der Waals surface area contributed by atoms with Crippen LogP contribution in [0.25, 0.3) is 0 Å². The lowest BCUT2D eigenvalue weighted by atomic mass is 9.67. The highest BCUT2D eigenvalue weighted by Crippen LogP contribution is 2.45. The molecule has 1 fully saturated rings. The molecule has 0 aliphatic heterocycles. The Morgan fingerprint density at radius 2 is 1.70 bits per heavy atom. The van der Waals surface area contributed by atoms with E-state index >= 15 is 0 Å². The van der Waals surface area contributed by atoms with E-state index in [1.54, 1.807) is 7.11 Å². The molecule has 0 aromatic carbocycles. The van der Waals surface area contributed by atoms with Gasteiger partial charge in [0.25, 0.3) is 0 Å². The topological polar surface area (TPSA) is 27.7 Å². The monoisotopic (exact) mass is 328 g/mol. The Labute approximate surface area is 144 Å². The van der Waals surface area contributed by atoms with Crippen molar-refractivity contribution in [2.45, 2.75) is 97.9 Å². The van der Waals surface area contributed by atoms with Crippen LogP contribution in [-0.2, 0) is 14.2 Å². The summed E-state index contributed by atoms with van der Waals surface area (Å²) in [6, 6.07) is 0. The van der Waals surface area contributed by atoms with Crippen molar-refractivity contribution >= 4 is 0 Å². The molecular weight excluding hydrogens is 288 g/mol. The second kappa shape index (κ2) is 8.31. The molecule has 138 valence electrons. The molecule has 3 heteroatoms. The van der Waals surface area contributed by atoms with Crippen molar-refractivity contribution in [1.82, 2.24) is 0 Å². The number of hydrogen-bond acceptors (Lipinski definition) is 3. The van der Waals surface area contributed by atoms with Gasteiger partial charge in [0.05, 0.1) is 30.5 Å². The normalized spacial score (nSPS) is 29.7. The Bertz CT molecular complexity index is 345. The van der Waals surface area contributed by atoms with Gasteiger partial charge in [0.2, 0.25) is 0 Å². The highest BCUT2D eigenvalue weighted by Gasteiger charge is 2.38. The molecule has 0 amide bonds. The lowest BCUT2D eigenvalue weighted by Crippen LogP contribution is -2.39. The Hall–Kier alpha value is -0.120. The number of methoxy groups -OCH3 is 1. The van der Waals surface area contributed by atoms with Gasteiger partial charge in [-0.1, -0.05) is 13.8 Å². The Kier molecular flexibility index (Phi) is 7.56. The fourth-order valence-electron chi connectivity index (χ4n) is 3.96. The van der Waals surface area contributed by atoms with Gasteiger partial charge in [-0.15, -0.1) is 0 Å². The molecule has 0 spiro atoms. The van der Waals surface area contributed by atoms with E-state index in [0.717, 1.165) is 12.3 Å². The lowest BCUT2D eigenvalue weighted by Gasteiger charge is -2.44. The predicted octanol–water partition coefficient (Wildman–Crippen LogP) is 5.22. The largest absolute Gasteiger partial charge is 0.382 e. The van der Waals surface area contributed by atoms with Gasteiger partial charge in [0.1, 0.15) is 0 Å². The van der Waals surface area contributed by atoms with Crippen molar-refractivity contribution < 1.29 is 14.2 Å². The van der Waals surface area contributed by atoms with E-state index in [1.165, 1.54) is 25.7 Å². The smallest absolute Gasteiger partial charge is 0.0707 e. The van der Waals surface area contributed by atoms with Gasteiger partial charge in [0, 0.05) is 7.11 Å². The molecule has 0 radical (unpaired) electrons. The zero-order valence-electron chi connectivity index (χ0n) is 16.8. The fourth-order valence-corrected chi connectivity index (χ4v) is 3.96. The number of ether oxygens (including phenoxy) is 3. The molecule has 3 nitrogen and oxygen atoms in total. The van der Waals surface area contributed by atoms with E-state index < -0.39 is 0 Å². The maximum atomic E-state index is 6.31. The molecule has 3 unspecified atom stereocenters. The lowest BCUT2D eigenvalue weighted by molar-refractivity contribution is -0.109. The molecule has 0 N–H and O–H groups in total. The number of rotatable bonds is 8. The van der Waals surface area contributed by atoms with Crippen molar-refractivity contribution in [3.8, 4) is 0 Å². The zero-order valence-corrected chi connectivity index (χ0v) is 16.8. The molecule has 0 bridgehead atoms. The van der Waals surface area contributed by atoms with Crippen LogP contribution in [0.5, 0.6) is 0 Å². The van der Waals surface area contributed by atoms with Gasteiger partial charge in [-0.05, 0) is 78.1 Å². The van der Waals surface area contributed by atoms with E-state index in [9.17, 15) is 0 Å². The summed E-state index contributed by atoms with van der Waals surface area (Å²) in [6.45, 7) is 17.0. The molecular formula is C20H40O3. The summed E-state index contributed by atoms with van der Waals surface area (Å²) >= 11 is 0. The first kappa shape index (κ1) is 20.9. The Morgan fingerprint density at radius 3 is 2.26 bits per heavy atom. The van der Waals surface area contributed by atoms with Crippen molar-refractivity contribution in [2.24, 2.45) is 11.3 Å². The minimum atomic E-state index is -0.0807. The molecule has 0 aromatic heterocycles. The molecule has 1 rings (SSSR count). The standard InChI is InChI=1S/C20H40O3/c1-16-13-17(23-18(2,3)4)15-20(7,14-16)10-9-19(5,6)22-12-11-21-8/h16-17H,9-15H2,1-8H3. The Balaban J connectivity index is 2.55. The van der Waals surface area contributed by atoms with E-state index in [4.69, 9.17) is 14.2 Å². The molecule has 0 aromatic rings. The maximum absolute atomic E-state index is 6.31. The number of hydrogen-bond donors (Lipinski definition) is 0. The van der Waals surface area contributed by atoms with Gasteiger partial charge in [-0.25, -0.2) is 0 Å². The molecule has 1 aliphatic rings. The summed E-state index contributed by atoms with van der Waals surface area (Å²) in [7, 11) is 1.72. The van der Waals surface area contributed by atoms with Crippen molar-refractivity contribution in [3.63, 3.8) is 0 Å². The molecule has 0 saturated heterocycles. The molecule has 23 heavy (non-hydrogen) atoms. The molecule has 3 atom stereocenters. The first-order valence-electron chi connectivity index (χ1n) is 9.25. The van der Waals surface area contributed by atoms with Gasteiger partial charge in [-0.3, -0.25) is 0 Å². The van der Waals surface area contributed by atoms with E-state index in [2.05, 4.69) is 48.5 Å². The average Bonchev–Trinajstić information content (AvgIpc) is 2.33. The van der Waals surface area contributed by atoms with E-state index in [-0.39, 0.29) is 11.2 Å². The first-order chi connectivity index (χ1) is 10.4. The van der Waals surface area contributed by atoms with Crippen LogP contribution in [0.1, 0.15) is 80.6 Å². The highest BCUT2D eigenvalue weighted by molar-refractivity contribution is 4.89. The van der Waals surface area contributed by atoms with Gasteiger partial charge < -0.3 is 14.2 Å². The van der Waals surface area contributed by atoms with Crippen LogP contribution in [0.15, 0.2) is 0 Å². The van der Waals surface area contributed by atoms with Crippen LogP contribution in [0, 0.1) is 11.3 Å². The van der Waals surface area contributed by atoms with Crippen LogP contribution >= 0.6 is 0 Å². The summed E-state index contributed by atoms with van der Waals surface area (Å²) in [6.07, 6.45) is 6.33. The van der Waals surface area contributed by atoms with Crippen LogP contribution in [0.4, 0.5) is 0 Å². The third kappa shape index (κ3) is 8.51. The van der Waals surface area contributed by atoms with Crippen molar-refractivity contribution in [2.75, 3.05) is 20.3 Å². The third-order valence-electron chi connectivity index (χ3n) is 4.86. The summed E-state index contributed by atoms with van der Waals surface area (Å²) in [4.78, 5) is 0. The van der Waals surface area contributed by atoms with E-state index in [1.807, 2.05) is 0 Å².